The molecule has 6 rings (SSSR count). The van der Waals surface area contributed by atoms with E-state index in [1.165, 1.54) is 32.7 Å². The highest BCUT2D eigenvalue weighted by molar-refractivity contribution is 6.03. The quantitative estimate of drug-likeness (QED) is 0.248. The first-order valence-electron chi connectivity index (χ1n) is 12.4. The summed E-state index contributed by atoms with van der Waals surface area (Å²) in [7, 11) is 0. The molecular weight excluding hydrogens is 416 g/mol. The molecule has 2 N–H and O–H groups in total. The minimum atomic E-state index is 0.0809. The predicted molar refractivity (Wildman–Crippen MR) is 142 cm³/mol. The van der Waals surface area contributed by atoms with Gasteiger partial charge in [0, 0.05) is 23.7 Å². The summed E-state index contributed by atoms with van der Waals surface area (Å²) in [5, 5.41) is 12.3. The fraction of sp³-hybridized carbons (Fsp3) is 0.258. The van der Waals surface area contributed by atoms with E-state index in [-0.39, 0.29) is 11.9 Å². The number of carbonyl (C=O) groups excluding carboxylic acids is 1. The molecule has 2 aliphatic rings. The number of carbonyl (C=O) groups is 1. The van der Waals surface area contributed by atoms with E-state index in [4.69, 9.17) is 0 Å². The standard InChI is InChI=1S/C31H30N2O/c1-19(2)16-29(34)32-22-14-15-28-27(18-22)25-12-7-13-26(25)31(33-28)30-23-10-5-3-8-20(23)17-21-9-4-6-11-24(21)30/h3-12,14-15,17-19,25-26,31,33H,13,16H2,1-2H3,(H,32,34). The van der Waals surface area contributed by atoms with Gasteiger partial charge in [0.05, 0.1) is 6.04 Å². The summed E-state index contributed by atoms with van der Waals surface area (Å²) < 4.78 is 0. The molecule has 1 aliphatic carbocycles. The molecular formula is C31H30N2O. The van der Waals surface area contributed by atoms with E-state index >= 15 is 0 Å². The molecule has 0 saturated carbocycles. The van der Waals surface area contributed by atoms with Gasteiger partial charge in [-0.15, -0.1) is 0 Å². The minimum absolute atomic E-state index is 0.0809. The number of fused-ring (bicyclic) bond motifs is 5. The van der Waals surface area contributed by atoms with Crippen molar-refractivity contribution in [2.75, 3.05) is 10.6 Å². The van der Waals surface area contributed by atoms with Crippen molar-refractivity contribution in [3.05, 3.63) is 96.1 Å². The Kier molecular flexibility index (Phi) is 5.13. The zero-order chi connectivity index (χ0) is 23.2. The zero-order valence-electron chi connectivity index (χ0n) is 19.7. The molecule has 0 spiro atoms. The summed E-state index contributed by atoms with van der Waals surface area (Å²) in [5.74, 6) is 1.19. The van der Waals surface area contributed by atoms with Crippen molar-refractivity contribution >= 4 is 38.8 Å². The Labute approximate surface area is 200 Å². The maximum absolute atomic E-state index is 12.4. The second kappa shape index (κ2) is 8.32. The van der Waals surface area contributed by atoms with Crippen LogP contribution in [-0.2, 0) is 4.79 Å². The van der Waals surface area contributed by atoms with Crippen LogP contribution in [0.25, 0.3) is 21.5 Å². The van der Waals surface area contributed by atoms with E-state index in [0.29, 0.717) is 24.2 Å². The molecule has 1 aliphatic heterocycles. The monoisotopic (exact) mass is 446 g/mol. The van der Waals surface area contributed by atoms with Crippen LogP contribution in [-0.4, -0.2) is 5.91 Å². The second-order valence-electron chi connectivity index (χ2n) is 10.2. The highest BCUT2D eigenvalue weighted by Gasteiger charge is 2.39. The number of nitrogens with one attached hydrogen (secondary N) is 2. The molecule has 3 atom stereocenters. The van der Waals surface area contributed by atoms with E-state index in [2.05, 4.69) is 103 Å². The Morgan fingerprint density at radius 3 is 2.38 bits per heavy atom. The van der Waals surface area contributed by atoms with Crippen molar-refractivity contribution < 1.29 is 4.79 Å². The van der Waals surface area contributed by atoms with Crippen molar-refractivity contribution in [3.63, 3.8) is 0 Å². The van der Waals surface area contributed by atoms with Gasteiger partial charge < -0.3 is 10.6 Å². The van der Waals surface area contributed by atoms with E-state index in [1.807, 2.05) is 6.07 Å². The topological polar surface area (TPSA) is 41.1 Å². The van der Waals surface area contributed by atoms with Gasteiger partial charge in [0.2, 0.25) is 5.91 Å². The average Bonchev–Trinajstić information content (AvgIpc) is 3.32. The lowest BCUT2D eigenvalue weighted by molar-refractivity contribution is -0.116. The van der Waals surface area contributed by atoms with Gasteiger partial charge in [0.1, 0.15) is 0 Å². The SMILES string of the molecule is CC(C)CC(=O)Nc1ccc2c(c1)C1C=CCC1C(c1c3ccccc3cc3ccccc13)N2. The van der Waals surface area contributed by atoms with Gasteiger partial charge in [-0.25, -0.2) is 0 Å². The number of hydrogen-bond donors (Lipinski definition) is 2. The second-order valence-corrected chi connectivity index (χ2v) is 10.2. The van der Waals surface area contributed by atoms with Crippen LogP contribution in [0.1, 0.15) is 49.8 Å². The van der Waals surface area contributed by atoms with Crippen LogP contribution in [0.5, 0.6) is 0 Å². The molecule has 34 heavy (non-hydrogen) atoms. The summed E-state index contributed by atoms with van der Waals surface area (Å²) in [5.41, 5.74) is 4.73. The minimum Gasteiger partial charge on any atom is -0.378 e. The van der Waals surface area contributed by atoms with Crippen molar-refractivity contribution in [2.45, 2.75) is 38.6 Å². The average molecular weight is 447 g/mol. The molecule has 3 heteroatoms. The van der Waals surface area contributed by atoms with Crippen LogP contribution in [0.3, 0.4) is 0 Å². The molecule has 4 aromatic carbocycles. The van der Waals surface area contributed by atoms with Crippen LogP contribution in [0.2, 0.25) is 0 Å². The number of anilines is 2. The van der Waals surface area contributed by atoms with E-state index in [0.717, 1.165) is 17.8 Å². The fourth-order valence-electron chi connectivity index (χ4n) is 5.92. The van der Waals surface area contributed by atoms with Crippen molar-refractivity contribution in [1.29, 1.82) is 0 Å². The molecule has 1 heterocycles. The highest BCUT2D eigenvalue weighted by atomic mass is 16.1. The van der Waals surface area contributed by atoms with E-state index in [1.54, 1.807) is 0 Å². The molecule has 0 aromatic heterocycles. The number of benzene rings is 4. The van der Waals surface area contributed by atoms with Gasteiger partial charge in [-0.3, -0.25) is 4.79 Å². The Hall–Kier alpha value is -3.59. The highest BCUT2D eigenvalue weighted by Crippen LogP contribution is 2.52. The van der Waals surface area contributed by atoms with Crippen LogP contribution in [0.15, 0.2) is 84.9 Å². The van der Waals surface area contributed by atoms with Crippen LogP contribution in [0, 0.1) is 11.8 Å². The van der Waals surface area contributed by atoms with Crippen LogP contribution < -0.4 is 10.6 Å². The lowest BCUT2D eigenvalue weighted by Crippen LogP contribution is -2.29. The third kappa shape index (κ3) is 3.56. The normalized spacial score (nSPS) is 20.9. The van der Waals surface area contributed by atoms with Gasteiger partial charge in [-0.2, -0.15) is 0 Å². The van der Waals surface area contributed by atoms with Crippen LogP contribution in [0.4, 0.5) is 11.4 Å². The molecule has 3 unspecified atom stereocenters. The number of rotatable bonds is 4. The molecule has 1 amide bonds. The Bertz CT molecular complexity index is 1380. The number of hydrogen-bond acceptors (Lipinski definition) is 2. The maximum Gasteiger partial charge on any atom is 0.224 e. The molecule has 0 fully saturated rings. The molecule has 0 radical (unpaired) electrons. The third-order valence-electron chi connectivity index (χ3n) is 7.36. The Balaban J connectivity index is 1.45. The van der Waals surface area contributed by atoms with Crippen LogP contribution >= 0.6 is 0 Å². The molecule has 0 bridgehead atoms. The number of amides is 1. The van der Waals surface area contributed by atoms with Crippen molar-refractivity contribution in [3.8, 4) is 0 Å². The molecule has 4 aromatic rings. The maximum atomic E-state index is 12.4. The first kappa shape index (κ1) is 21.0. The molecule has 170 valence electrons. The fourth-order valence-corrected chi connectivity index (χ4v) is 5.92. The first-order valence-corrected chi connectivity index (χ1v) is 12.4. The molecule has 3 nitrogen and oxygen atoms in total. The Morgan fingerprint density at radius 1 is 0.971 bits per heavy atom. The Morgan fingerprint density at radius 2 is 1.68 bits per heavy atom. The third-order valence-corrected chi connectivity index (χ3v) is 7.36. The summed E-state index contributed by atoms with van der Waals surface area (Å²) >= 11 is 0. The summed E-state index contributed by atoms with van der Waals surface area (Å²) in [4.78, 5) is 12.4. The van der Waals surface area contributed by atoms with Gasteiger partial charge in [0.15, 0.2) is 0 Å². The lowest BCUT2D eigenvalue weighted by atomic mass is 9.75. The van der Waals surface area contributed by atoms with E-state index in [9.17, 15) is 4.79 Å². The summed E-state index contributed by atoms with van der Waals surface area (Å²) in [6, 6.07) is 26.4. The van der Waals surface area contributed by atoms with Gasteiger partial charge in [-0.05, 0) is 75.2 Å². The van der Waals surface area contributed by atoms with E-state index < -0.39 is 0 Å². The van der Waals surface area contributed by atoms with Crippen molar-refractivity contribution in [2.24, 2.45) is 11.8 Å². The smallest absolute Gasteiger partial charge is 0.224 e. The number of allylic oxidation sites excluding steroid dienone is 2. The zero-order valence-corrected chi connectivity index (χ0v) is 19.7. The summed E-state index contributed by atoms with van der Waals surface area (Å²) in [6.07, 6.45) is 6.28. The van der Waals surface area contributed by atoms with Gasteiger partial charge in [0.25, 0.3) is 0 Å². The van der Waals surface area contributed by atoms with Gasteiger partial charge >= 0.3 is 0 Å². The first-order chi connectivity index (χ1) is 16.6. The summed E-state index contributed by atoms with van der Waals surface area (Å²) in [6.45, 7) is 4.14. The predicted octanol–water partition coefficient (Wildman–Crippen LogP) is 7.80. The molecule has 0 saturated heterocycles. The largest absolute Gasteiger partial charge is 0.378 e. The van der Waals surface area contributed by atoms with Gasteiger partial charge in [-0.1, -0.05) is 74.5 Å². The van der Waals surface area contributed by atoms with Crippen molar-refractivity contribution in [1.82, 2.24) is 0 Å². The lowest BCUT2D eigenvalue weighted by Gasteiger charge is -2.38.